The molecule has 0 bridgehead atoms. The summed E-state index contributed by atoms with van der Waals surface area (Å²) in [4.78, 5) is 92.6. The van der Waals surface area contributed by atoms with Crippen molar-refractivity contribution in [1.29, 1.82) is 0 Å². The zero-order chi connectivity index (χ0) is 35.4. The minimum absolute atomic E-state index is 0.0753. The predicted octanol–water partition coefficient (Wildman–Crippen LogP) is 0.212. The second kappa shape index (κ2) is 18.4. The van der Waals surface area contributed by atoms with Gasteiger partial charge in [0.15, 0.2) is 0 Å². The zero-order valence-corrected chi connectivity index (χ0v) is 29.8. The van der Waals surface area contributed by atoms with Crippen molar-refractivity contribution in [1.82, 2.24) is 34.3 Å². The maximum Gasteiger partial charge on any atom is 0.229 e. The van der Waals surface area contributed by atoms with Gasteiger partial charge in [-0.1, -0.05) is 0 Å². The predicted molar refractivity (Wildman–Crippen MR) is 174 cm³/mol. The fourth-order valence-electron chi connectivity index (χ4n) is 5.50. The average molecular weight is 652 g/mol. The van der Waals surface area contributed by atoms with Crippen molar-refractivity contribution in [3.05, 3.63) is 0 Å². The third kappa shape index (κ3) is 11.9. The summed E-state index contributed by atoms with van der Waals surface area (Å²) in [5, 5.41) is 0. The van der Waals surface area contributed by atoms with Crippen molar-refractivity contribution in [3.63, 3.8) is 0 Å². The van der Waals surface area contributed by atoms with Gasteiger partial charge < -0.3 is 34.3 Å². The van der Waals surface area contributed by atoms with Gasteiger partial charge in [-0.2, -0.15) is 0 Å². The van der Waals surface area contributed by atoms with E-state index in [4.69, 9.17) is 0 Å². The molecule has 14 heteroatoms. The summed E-state index contributed by atoms with van der Waals surface area (Å²) in [5.74, 6) is -0.316. The molecule has 0 aliphatic carbocycles. The van der Waals surface area contributed by atoms with Gasteiger partial charge in [0, 0.05) is 141 Å². The van der Waals surface area contributed by atoms with Gasteiger partial charge in [0.1, 0.15) is 0 Å². The van der Waals surface area contributed by atoms with E-state index in [0.717, 1.165) is 58.2 Å². The topological polar surface area (TPSA) is 142 Å². The Morgan fingerprint density at radius 1 is 0.587 bits per heavy atom. The SMILES string of the molecule is CN(C)C(=O)CC1CN(C)C(=O)C1(CC(=O)N(C)C)CC(=O)N(C)C.CN1CCCC1=O.CN1CCCC1=O.CN1CCCC1=O. The lowest BCUT2D eigenvalue weighted by Crippen LogP contribution is -2.45. The van der Waals surface area contributed by atoms with Crippen LogP contribution in [0, 0.1) is 11.3 Å². The molecule has 4 aliphatic heterocycles. The van der Waals surface area contributed by atoms with Crippen LogP contribution in [0.4, 0.5) is 0 Å². The van der Waals surface area contributed by atoms with E-state index < -0.39 is 5.41 Å². The number of nitrogens with zero attached hydrogens (tertiary/aromatic N) is 7. The quantitative estimate of drug-likeness (QED) is 0.400. The number of amides is 7. The fourth-order valence-corrected chi connectivity index (χ4v) is 5.50. The third-order valence-electron chi connectivity index (χ3n) is 8.83. The highest BCUT2D eigenvalue weighted by molar-refractivity contribution is 5.95. The van der Waals surface area contributed by atoms with Crippen LogP contribution in [0.3, 0.4) is 0 Å². The first-order valence-electron chi connectivity index (χ1n) is 15.9. The van der Waals surface area contributed by atoms with Crippen LogP contribution in [0.2, 0.25) is 0 Å². The van der Waals surface area contributed by atoms with Crippen LogP contribution in [-0.4, -0.2) is 172 Å². The van der Waals surface area contributed by atoms with Crippen molar-refractivity contribution in [2.75, 3.05) is 96.7 Å². The molecule has 262 valence electrons. The van der Waals surface area contributed by atoms with Crippen molar-refractivity contribution >= 4 is 41.4 Å². The molecule has 4 rings (SSSR count). The maximum atomic E-state index is 13.0. The second-order valence-electron chi connectivity index (χ2n) is 13.2. The molecule has 4 heterocycles. The van der Waals surface area contributed by atoms with E-state index in [9.17, 15) is 33.6 Å². The van der Waals surface area contributed by atoms with Crippen molar-refractivity contribution in [2.24, 2.45) is 11.3 Å². The molecule has 0 aromatic heterocycles. The van der Waals surface area contributed by atoms with Gasteiger partial charge >= 0.3 is 0 Å². The Kier molecular flexibility index (Phi) is 16.2. The van der Waals surface area contributed by atoms with Crippen LogP contribution >= 0.6 is 0 Å². The van der Waals surface area contributed by atoms with Crippen LogP contribution in [0.15, 0.2) is 0 Å². The molecule has 0 N–H and O–H groups in total. The summed E-state index contributed by atoms with van der Waals surface area (Å²) in [5.41, 5.74) is -1.18. The smallest absolute Gasteiger partial charge is 0.229 e. The number of carbonyl (C=O) groups excluding carboxylic acids is 7. The van der Waals surface area contributed by atoms with Crippen molar-refractivity contribution in [2.45, 2.75) is 57.8 Å². The van der Waals surface area contributed by atoms with E-state index >= 15 is 0 Å². The molecule has 4 aliphatic rings. The van der Waals surface area contributed by atoms with E-state index in [-0.39, 0.29) is 48.8 Å². The summed E-state index contributed by atoms with van der Waals surface area (Å²) in [6.45, 7) is 3.23. The van der Waals surface area contributed by atoms with Gasteiger partial charge in [-0.15, -0.1) is 0 Å². The summed E-state index contributed by atoms with van der Waals surface area (Å²) < 4.78 is 0. The summed E-state index contributed by atoms with van der Waals surface area (Å²) in [7, 11) is 17.0. The van der Waals surface area contributed by atoms with Gasteiger partial charge in [-0.3, -0.25) is 33.6 Å². The molecule has 1 unspecified atom stereocenters. The molecular formula is C32H57N7O7. The number of hydrogen-bond acceptors (Lipinski definition) is 7. The van der Waals surface area contributed by atoms with Gasteiger partial charge in [0.25, 0.3) is 0 Å². The fraction of sp³-hybridized carbons (Fsp3) is 0.781. The molecule has 0 radical (unpaired) electrons. The van der Waals surface area contributed by atoms with Crippen LogP contribution in [0.25, 0.3) is 0 Å². The van der Waals surface area contributed by atoms with E-state index in [1.165, 1.54) is 19.6 Å². The van der Waals surface area contributed by atoms with Crippen molar-refractivity contribution < 1.29 is 33.6 Å². The van der Waals surface area contributed by atoms with Gasteiger partial charge in [-0.05, 0) is 19.3 Å². The lowest BCUT2D eigenvalue weighted by Gasteiger charge is -2.33. The Labute approximate surface area is 274 Å². The summed E-state index contributed by atoms with van der Waals surface area (Å²) in [6, 6.07) is 0. The largest absolute Gasteiger partial charge is 0.349 e. The van der Waals surface area contributed by atoms with E-state index in [1.54, 1.807) is 64.0 Å². The van der Waals surface area contributed by atoms with Crippen molar-refractivity contribution in [3.8, 4) is 0 Å². The lowest BCUT2D eigenvalue weighted by atomic mass is 9.70. The van der Waals surface area contributed by atoms with Crippen LogP contribution in [0.5, 0.6) is 0 Å². The van der Waals surface area contributed by atoms with E-state index in [1.807, 2.05) is 21.1 Å². The molecule has 0 spiro atoms. The Hall–Kier alpha value is -3.71. The van der Waals surface area contributed by atoms with Gasteiger partial charge in [0.2, 0.25) is 41.4 Å². The molecule has 4 fully saturated rings. The Bertz CT molecular complexity index is 1030. The number of carbonyl (C=O) groups is 7. The normalized spacial score (nSPS) is 20.0. The molecule has 46 heavy (non-hydrogen) atoms. The van der Waals surface area contributed by atoms with Crippen LogP contribution < -0.4 is 0 Å². The maximum absolute atomic E-state index is 13.0. The molecule has 0 aromatic carbocycles. The standard InChI is InChI=1S/C17H30N4O4.3C5H9NO/c1-18(2)13(22)8-12-11-21(7)16(25)17(12,9-14(23)19(3)4)10-15(24)20(5)6;3*1-6-4-2-3-5(6)7/h12H,8-11H2,1-7H3;3*2-4H2,1H3. The minimum atomic E-state index is -1.18. The third-order valence-corrected chi connectivity index (χ3v) is 8.83. The highest BCUT2D eigenvalue weighted by Gasteiger charge is 2.55. The molecule has 7 amide bonds. The minimum Gasteiger partial charge on any atom is -0.349 e. The highest BCUT2D eigenvalue weighted by Crippen LogP contribution is 2.45. The average Bonchev–Trinajstić information content (AvgIpc) is 3.72. The second-order valence-corrected chi connectivity index (χ2v) is 13.2. The molecule has 4 saturated heterocycles. The first kappa shape index (κ1) is 40.3. The number of likely N-dealkylation sites (tertiary alicyclic amines) is 4. The molecule has 14 nitrogen and oxygen atoms in total. The summed E-state index contributed by atoms with van der Waals surface area (Å²) in [6.07, 6.45) is 5.41. The van der Waals surface area contributed by atoms with E-state index in [0.29, 0.717) is 24.3 Å². The molecule has 0 aromatic rings. The first-order valence-corrected chi connectivity index (χ1v) is 15.9. The van der Waals surface area contributed by atoms with Crippen LogP contribution in [-0.2, 0) is 33.6 Å². The molecular weight excluding hydrogens is 594 g/mol. The molecule has 0 saturated carbocycles. The lowest BCUT2D eigenvalue weighted by molar-refractivity contribution is -0.148. The Morgan fingerprint density at radius 2 is 0.913 bits per heavy atom. The Balaban J connectivity index is 0.000000398. The van der Waals surface area contributed by atoms with Gasteiger partial charge in [-0.25, -0.2) is 0 Å². The van der Waals surface area contributed by atoms with Crippen LogP contribution in [0.1, 0.15) is 57.8 Å². The number of hydrogen-bond donors (Lipinski definition) is 0. The zero-order valence-electron chi connectivity index (χ0n) is 29.8. The number of rotatable bonds is 6. The first-order chi connectivity index (χ1) is 21.3. The monoisotopic (exact) mass is 651 g/mol. The molecule has 1 atom stereocenters. The summed E-state index contributed by atoms with van der Waals surface area (Å²) >= 11 is 0. The van der Waals surface area contributed by atoms with E-state index in [2.05, 4.69) is 0 Å². The van der Waals surface area contributed by atoms with Gasteiger partial charge in [0.05, 0.1) is 5.41 Å². The highest BCUT2D eigenvalue weighted by atomic mass is 16.2. The Morgan fingerprint density at radius 3 is 1.13 bits per heavy atom.